The van der Waals surface area contributed by atoms with Crippen LogP contribution in [0.15, 0.2) is 136 Å². The molecule has 0 spiro atoms. The van der Waals surface area contributed by atoms with E-state index in [0.29, 0.717) is 0 Å². The third-order valence-electron chi connectivity index (χ3n) is 9.59. The van der Waals surface area contributed by atoms with E-state index in [1.54, 1.807) is 0 Å². The maximum absolute atomic E-state index is 6.84. The van der Waals surface area contributed by atoms with Gasteiger partial charge in [-0.25, -0.2) is 0 Å². The van der Waals surface area contributed by atoms with Crippen molar-refractivity contribution < 1.29 is 4.42 Å². The molecular weight excluding hydrogens is 629 g/mol. The van der Waals surface area contributed by atoms with Gasteiger partial charge in [0, 0.05) is 23.1 Å². The predicted molar refractivity (Wildman–Crippen MR) is 178 cm³/mol. The molecular formula is C37H25IN3O+. The van der Waals surface area contributed by atoms with Crippen LogP contribution in [0.4, 0.5) is 17.1 Å². The maximum atomic E-state index is 6.84. The lowest BCUT2D eigenvalue weighted by Gasteiger charge is -2.53. The zero-order valence-corrected chi connectivity index (χ0v) is 25.0. The molecule has 0 amide bonds. The Hall–Kier alpha value is -4.20. The molecule has 3 unspecified atom stereocenters. The van der Waals surface area contributed by atoms with Crippen LogP contribution in [0, 0.1) is 10.5 Å². The standard InChI is InChI=1S/C37H25IN3O/c1-21-10-8-18-31-33(21)41-35-26(25-14-9-13-24-22-11-2-5-16-29(22)40(41)34(24)25)20-27-23-12-3-7-19-32(23)42-37(27)36(35)39(31)30-17-6-4-15-28(30)38/h2-20,29,34-35H,1H3/q+1. The fourth-order valence-corrected chi connectivity index (χ4v) is 8.61. The summed E-state index contributed by atoms with van der Waals surface area (Å²) in [4.78, 5) is 0. The number of hydrazine groups is 1. The van der Waals surface area contributed by atoms with Crippen LogP contribution in [0.5, 0.6) is 0 Å². The Bertz CT molecular complexity index is 2150. The second-order valence-electron chi connectivity index (χ2n) is 11.7. The fourth-order valence-electron chi connectivity index (χ4n) is 7.99. The molecule has 10 rings (SSSR count). The second-order valence-corrected chi connectivity index (χ2v) is 12.8. The Labute approximate surface area is 257 Å². The number of rotatable bonds is 1. The van der Waals surface area contributed by atoms with Crippen molar-refractivity contribution in [1.29, 1.82) is 0 Å². The first-order chi connectivity index (χ1) is 20.7. The smallest absolute Gasteiger partial charge is 0.260 e. The molecule has 1 saturated heterocycles. The molecule has 0 bridgehead atoms. The number of para-hydroxylation sites is 3. The molecule has 0 N–H and O–H groups in total. The third kappa shape index (κ3) is 2.78. The topological polar surface area (TPSA) is 22.6 Å². The van der Waals surface area contributed by atoms with E-state index in [2.05, 4.69) is 159 Å². The first-order valence-electron chi connectivity index (χ1n) is 14.5. The summed E-state index contributed by atoms with van der Waals surface area (Å²) in [7, 11) is 0. The van der Waals surface area contributed by atoms with E-state index in [9.17, 15) is 0 Å². The third-order valence-corrected chi connectivity index (χ3v) is 10.5. The van der Waals surface area contributed by atoms with Gasteiger partial charge in [0.1, 0.15) is 11.3 Å². The summed E-state index contributed by atoms with van der Waals surface area (Å²) in [6, 6.07) is 24.2. The first kappa shape index (κ1) is 23.4. The van der Waals surface area contributed by atoms with Gasteiger partial charge in [-0.1, -0.05) is 85.0 Å². The Morgan fingerprint density at radius 3 is 2.57 bits per heavy atom. The Balaban J connectivity index is 1.40. The van der Waals surface area contributed by atoms with Crippen LogP contribution < -0.4 is 9.58 Å². The van der Waals surface area contributed by atoms with Crippen molar-refractivity contribution in [3.8, 4) is 0 Å². The van der Waals surface area contributed by atoms with Crippen LogP contribution >= 0.6 is 22.6 Å². The number of benzene rings is 3. The molecule has 0 saturated carbocycles. The molecule has 3 aliphatic heterocycles. The van der Waals surface area contributed by atoms with Crippen LogP contribution in [-0.4, -0.2) is 28.8 Å². The average Bonchev–Trinajstić information content (AvgIpc) is 3.56. The summed E-state index contributed by atoms with van der Waals surface area (Å²) in [5.41, 5.74) is 13.7. The normalized spacial score (nSPS) is 24.3. The van der Waals surface area contributed by atoms with Crippen LogP contribution in [0.1, 0.15) is 16.9 Å². The summed E-state index contributed by atoms with van der Waals surface area (Å²) < 4.78 is 10.5. The van der Waals surface area contributed by atoms with Gasteiger partial charge in [0.2, 0.25) is 17.1 Å². The number of nitrogens with zero attached hydrogens (tertiary/aromatic N) is 3. The number of halogens is 1. The highest BCUT2D eigenvalue weighted by Crippen LogP contribution is 2.55. The van der Waals surface area contributed by atoms with E-state index in [1.165, 1.54) is 59.8 Å². The van der Waals surface area contributed by atoms with E-state index in [1.807, 2.05) is 0 Å². The van der Waals surface area contributed by atoms with Crippen molar-refractivity contribution in [3.05, 3.63) is 152 Å². The molecule has 3 aliphatic carbocycles. The number of aryl methyl sites for hydroxylation is 1. The fraction of sp³-hybridized carbons (Fsp3) is 0.108. The second kappa shape index (κ2) is 8.21. The number of hydrogen-bond donors (Lipinski definition) is 0. The van der Waals surface area contributed by atoms with E-state index in [4.69, 9.17) is 4.42 Å². The van der Waals surface area contributed by atoms with Gasteiger partial charge in [0.25, 0.3) is 5.71 Å². The molecule has 5 heteroatoms. The molecule has 4 aromatic rings. The molecule has 200 valence electrons. The molecule has 3 atom stereocenters. The number of anilines is 1. The summed E-state index contributed by atoms with van der Waals surface area (Å²) in [6.07, 6.45) is 18.4. The van der Waals surface area contributed by atoms with E-state index < -0.39 is 0 Å². The molecule has 3 aromatic carbocycles. The van der Waals surface area contributed by atoms with Gasteiger partial charge in [-0.05, 0) is 75.6 Å². The zero-order chi connectivity index (χ0) is 27.7. The maximum Gasteiger partial charge on any atom is 0.260 e. The highest BCUT2D eigenvalue weighted by molar-refractivity contribution is 14.1. The summed E-state index contributed by atoms with van der Waals surface area (Å²) in [5.74, 6) is 0.957. The molecule has 0 radical (unpaired) electrons. The quantitative estimate of drug-likeness (QED) is 0.153. The molecule has 6 aliphatic rings. The van der Waals surface area contributed by atoms with Gasteiger partial charge in [-0.2, -0.15) is 5.01 Å². The molecule has 4 heterocycles. The Morgan fingerprint density at radius 2 is 1.64 bits per heavy atom. The van der Waals surface area contributed by atoms with Crippen LogP contribution in [0.2, 0.25) is 0 Å². The molecule has 1 aromatic heterocycles. The Kier molecular flexibility index (Phi) is 4.57. The summed E-state index contributed by atoms with van der Waals surface area (Å²) >= 11 is 2.49. The largest absolute Gasteiger partial charge is 0.449 e. The number of hydrogen-bond acceptors (Lipinski definition) is 3. The van der Waals surface area contributed by atoms with Crippen LogP contribution in [0.3, 0.4) is 0 Å². The lowest BCUT2D eigenvalue weighted by Crippen LogP contribution is -2.66. The summed E-state index contributed by atoms with van der Waals surface area (Å²) in [6.45, 7) is 2.25. The van der Waals surface area contributed by atoms with Gasteiger partial charge < -0.3 is 4.42 Å². The highest BCUT2D eigenvalue weighted by Gasteiger charge is 2.59. The van der Waals surface area contributed by atoms with E-state index in [-0.39, 0.29) is 18.1 Å². The van der Waals surface area contributed by atoms with Gasteiger partial charge in [0.05, 0.1) is 15.7 Å². The van der Waals surface area contributed by atoms with Crippen molar-refractivity contribution in [2.45, 2.75) is 25.0 Å². The Morgan fingerprint density at radius 1 is 0.810 bits per heavy atom. The average molecular weight is 655 g/mol. The summed E-state index contributed by atoms with van der Waals surface area (Å²) in [5, 5.41) is 6.43. The van der Waals surface area contributed by atoms with Crippen molar-refractivity contribution >= 4 is 62.4 Å². The van der Waals surface area contributed by atoms with E-state index >= 15 is 0 Å². The number of furan rings is 1. The minimum Gasteiger partial charge on any atom is -0.449 e. The first-order valence-corrected chi connectivity index (χ1v) is 15.6. The van der Waals surface area contributed by atoms with Gasteiger partial charge in [-0.15, -0.1) is 4.58 Å². The van der Waals surface area contributed by atoms with Crippen molar-refractivity contribution in [1.82, 2.24) is 9.58 Å². The van der Waals surface area contributed by atoms with E-state index in [0.717, 1.165) is 16.7 Å². The predicted octanol–water partition coefficient (Wildman–Crippen LogP) is 8.16. The van der Waals surface area contributed by atoms with Crippen molar-refractivity contribution in [3.63, 3.8) is 0 Å². The van der Waals surface area contributed by atoms with Gasteiger partial charge in [0.15, 0.2) is 6.04 Å². The van der Waals surface area contributed by atoms with Crippen LogP contribution in [0.25, 0.3) is 17.0 Å². The van der Waals surface area contributed by atoms with Crippen molar-refractivity contribution in [2.75, 3.05) is 5.01 Å². The van der Waals surface area contributed by atoms with Crippen molar-refractivity contribution in [2.24, 2.45) is 0 Å². The van der Waals surface area contributed by atoms with Gasteiger partial charge in [-0.3, -0.25) is 5.01 Å². The zero-order valence-electron chi connectivity index (χ0n) is 22.8. The SMILES string of the molecule is Cc1cccc2c1N1C3C(=Cc4c(oc5ccccc45)C3=[N+]2c2ccccc2I)C2=CC=CC3=C4C=CC=CC4N1C23. The number of allylic oxidation sites excluding steroid dienone is 4. The monoisotopic (exact) mass is 654 g/mol. The molecule has 42 heavy (non-hydrogen) atoms. The minimum atomic E-state index is -0.0448. The van der Waals surface area contributed by atoms with Crippen LogP contribution in [-0.2, 0) is 0 Å². The number of fused-ring (bicyclic) bond motifs is 10. The minimum absolute atomic E-state index is 0.0448. The highest BCUT2D eigenvalue weighted by atomic mass is 127. The molecule has 4 nitrogen and oxygen atoms in total. The molecule has 1 fully saturated rings. The van der Waals surface area contributed by atoms with Gasteiger partial charge >= 0.3 is 0 Å². The lowest BCUT2D eigenvalue weighted by atomic mass is 9.76. The lowest BCUT2D eigenvalue weighted by molar-refractivity contribution is 0.203.